The predicted octanol–water partition coefficient (Wildman–Crippen LogP) is 0.243. The molecule has 0 spiro atoms. The SMILES string of the molecule is COCCN1C(=O)CC[C@]2(CNC(=O)CN3CCOCC3)CCC[C@@H]12. The van der Waals surface area contributed by atoms with Crippen molar-refractivity contribution in [3.05, 3.63) is 0 Å². The van der Waals surface area contributed by atoms with Crippen LogP contribution in [0.4, 0.5) is 0 Å². The Morgan fingerprint density at radius 2 is 2.16 bits per heavy atom. The summed E-state index contributed by atoms with van der Waals surface area (Å²) in [6.45, 7) is 5.39. The maximum atomic E-state index is 12.4. The smallest absolute Gasteiger partial charge is 0.234 e. The van der Waals surface area contributed by atoms with Gasteiger partial charge in [-0.25, -0.2) is 0 Å². The fourth-order valence-corrected chi connectivity index (χ4v) is 4.63. The molecule has 0 unspecified atom stereocenters. The highest BCUT2D eigenvalue weighted by Crippen LogP contribution is 2.47. The summed E-state index contributed by atoms with van der Waals surface area (Å²) in [5, 5.41) is 3.16. The molecule has 2 atom stereocenters. The Morgan fingerprint density at radius 3 is 2.92 bits per heavy atom. The third-order valence-electron chi connectivity index (χ3n) is 6.04. The zero-order valence-electron chi connectivity index (χ0n) is 15.3. The number of fused-ring (bicyclic) bond motifs is 1. The molecule has 142 valence electrons. The molecule has 2 saturated heterocycles. The fraction of sp³-hybridized carbons (Fsp3) is 0.889. The maximum absolute atomic E-state index is 12.4. The van der Waals surface area contributed by atoms with Crippen molar-refractivity contribution < 1.29 is 19.1 Å². The number of nitrogens with zero attached hydrogens (tertiary/aromatic N) is 2. The third kappa shape index (κ3) is 4.33. The molecule has 0 aromatic heterocycles. The van der Waals surface area contributed by atoms with Crippen molar-refractivity contribution in [1.82, 2.24) is 15.1 Å². The van der Waals surface area contributed by atoms with Crippen LogP contribution in [0.1, 0.15) is 32.1 Å². The average Bonchev–Trinajstić information content (AvgIpc) is 3.05. The van der Waals surface area contributed by atoms with Crippen LogP contribution in [-0.2, 0) is 19.1 Å². The zero-order valence-corrected chi connectivity index (χ0v) is 15.3. The standard InChI is InChI=1S/C18H31N3O4/c1-24-10-9-21-15-3-2-5-18(15,6-4-17(21)23)14-19-16(22)13-20-7-11-25-12-8-20/h15H,2-14H2,1H3,(H,19,22)/t15-,18+/m1/s1. The van der Waals surface area contributed by atoms with Crippen LogP contribution in [0.5, 0.6) is 0 Å². The normalized spacial score (nSPS) is 30.4. The second kappa shape index (κ2) is 8.47. The highest BCUT2D eigenvalue weighted by molar-refractivity contribution is 5.79. The van der Waals surface area contributed by atoms with Gasteiger partial charge in [0.2, 0.25) is 11.8 Å². The van der Waals surface area contributed by atoms with Crippen molar-refractivity contribution >= 4 is 11.8 Å². The Morgan fingerprint density at radius 1 is 1.36 bits per heavy atom. The van der Waals surface area contributed by atoms with E-state index in [2.05, 4.69) is 10.2 Å². The minimum absolute atomic E-state index is 0.0440. The minimum atomic E-state index is 0.0440. The lowest BCUT2D eigenvalue weighted by molar-refractivity contribution is -0.142. The van der Waals surface area contributed by atoms with Crippen molar-refractivity contribution in [3.8, 4) is 0 Å². The number of ether oxygens (including phenoxy) is 2. The topological polar surface area (TPSA) is 71.1 Å². The van der Waals surface area contributed by atoms with Gasteiger partial charge in [0.05, 0.1) is 26.4 Å². The summed E-state index contributed by atoms with van der Waals surface area (Å²) < 4.78 is 10.5. The van der Waals surface area contributed by atoms with E-state index >= 15 is 0 Å². The minimum Gasteiger partial charge on any atom is -0.383 e. The van der Waals surface area contributed by atoms with Gasteiger partial charge in [0.25, 0.3) is 0 Å². The molecule has 0 radical (unpaired) electrons. The van der Waals surface area contributed by atoms with E-state index in [4.69, 9.17) is 9.47 Å². The number of hydrogen-bond donors (Lipinski definition) is 1. The first-order chi connectivity index (χ1) is 12.1. The fourth-order valence-electron chi connectivity index (χ4n) is 4.63. The first kappa shape index (κ1) is 18.6. The lowest BCUT2D eigenvalue weighted by Gasteiger charge is -2.46. The molecule has 0 aromatic rings. The van der Waals surface area contributed by atoms with Crippen LogP contribution in [0.2, 0.25) is 0 Å². The van der Waals surface area contributed by atoms with Gasteiger partial charge in [0, 0.05) is 51.2 Å². The number of carbonyl (C=O) groups is 2. The van der Waals surface area contributed by atoms with E-state index in [-0.39, 0.29) is 23.3 Å². The van der Waals surface area contributed by atoms with Gasteiger partial charge in [-0.1, -0.05) is 6.42 Å². The summed E-state index contributed by atoms with van der Waals surface area (Å²) >= 11 is 0. The zero-order chi connectivity index (χ0) is 17.7. The largest absolute Gasteiger partial charge is 0.383 e. The molecule has 0 bridgehead atoms. The lowest BCUT2D eigenvalue weighted by atomic mass is 9.74. The van der Waals surface area contributed by atoms with Crippen LogP contribution in [0.3, 0.4) is 0 Å². The summed E-state index contributed by atoms with van der Waals surface area (Å²) in [4.78, 5) is 28.9. The number of methoxy groups -OCH3 is 1. The van der Waals surface area contributed by atoms with Crippen LogP contribution in [-0.4, -0.2) is 87.3 Å². The molecule has 2 heterocycles. The number of likely N-dealkylation sites (tertiary alicyclic amines) is 1. The van der Waals surface area contributed by atoms with Gasteiger partial charge in [-0.05, 0) is 19.3 Å². The second-order valence-corrected chi connectivity index (χ2v) is 7.52. The van der Waals surface area contributed by atoms with E-state index < -0.39 is 0 Å². The van der Waals surface area contributed by atoms with Crippen molar-refractivity contribution in [2.75, 3.05) is 59.7 Å². The lowest BCUT2D eigenvalue weighted by Crippen LogP contribution is -2.57. The molecule has 25 heavy (non-hydrogen) atoms. The first-order valence-electron chi connectivity index (χ1n) is 9.50. The molecule has 2 aliphatic heterocycles. The number of rotatable bonds is 7. The molecule has 0 aromatic carbocycles. The number of carbonyl (C=O) groups excluding carboxylic acids is 2. The Balaban J connectivity index is 1.56. The van der Waals surface area contributed by atoms with Gasteiger partial charge >= 0.3 is 0 Å². The first-order valence-corrected chi connectivity index (χ1v) is 9.50. The number of amides is 2. The molecule has 1 aliphatic carbocycles. The highest BCUT2D eigenvalue weighted by atomic mass is 16.5. The van der Waals surface area contributed by atoms with Gasteiger partial charge in [-0.2, -0.15) is 0 Å². The molecular formula is C18H31N3O4. The van der Waals surface area contributed by atoms with Gasteiger partial charge in [-0.3, -0.25) is 14.5 Å². The molecular weight excluding hydrogens is 322 g/mol. The van der Waals surface area contributed by atoms with Crippen LogP contribution in [0.25, 0.3) is 0 Å². The van der Waals surface area contributed by atoms with Gasteiger partial charge in [-0.15, -0.1) is 0 Å². The van der Waals surface area contributed by atoms with Gasteiger partial charge in [0.1, 0.15) is 0 Å². The van der Waals surface area contributed by atoms with Crippen LogP contribution in [0.15, 0.2) is 0 Å². The Hall–Kier alpha value is -1.18. The van der Waals surface area contributed by atoms with Crippen molar-refractivity contribution in [2.24, 2.45) is 5.41 Å². The monoisotopic (exact) mass is 353 g/mol. The van der Waals surface area contributed by atoms with Crippen LogP contribution >= 0.6 is 0 Å². The average molecular weight is 353 g/mol. The molecule has 3 fully saturated rings. The van der Waals surface area contributed by atoms with Gasteiger partial charge in [0.15, 0.2) is 0 Å². The van der Waals surface area contributed by atoms with E-state index in [1.165, 1.54) is 0 Å². The quantitative estimate of drug-likeness (QED) is 0.710. The molecule has 2 amide bonds. The van der Waals surface area contributed by atoms with Crippen LogP contribution < -0.4 is 5.32 Å². The summed E-state index contributed by atoms with van der Waals surface area (Å²) in [6.07, 6.45) is 4.72. The third-order valence-corrected chi connectivity index (χ3v) is 6.04. The summed E-state index contributed by atoms with van der Waals surface area (Å²) in [5.74, 6) is 0.321. The van der Waals surface area contributed by atoms with Gasteiger partial charge < -0.3 is 19.7 Å². The Kier molecular flexibility index (Phi) is 6.30. The van der Waals surface area contributed by atoms with E-state index in [1.54, 1.807) is 7.11 Å². The highest BCUT2D eigenvalue weighted by Gasteiger charge is 2.50. The molecule has 3 rings (SSSR count). The maximum Gasteiger partial charge on any atom is 0.234 e. The Labute approximate surface area is 150 Å². The van der Waals surface area contributed by atoms with Crippen LogP contribution in [0, 0.1) is 5.41 Å². The molecule has 7 nitrogen and oxygen atoms in total. The van der Waals surface area contributed by atoms with Crippen molar-refractivity contribution in [1.29, 1.82) is 0 Å². The van der Waals surface area contributed by atoms with E-state index in [9.17, 15) is 9.59 Å². The van der Waals surface area contributed by atoms with Crippen molar-refractivity contribution in [2.45, 2.75) is 38.1 Å². The number of nitrogens with one attached hydrogen (secondary N) is 1. The summed E-state index contributed by atoms with van der Waals surface area (Å²) in [7, 11) is 1.67. The summed E-state index contributed by atoms with van der Waals surface area (Å²) in [6, 6.07) is 0.243. The molecule has 7 heteroatoms. The number of morpholine rings is 1. The molecule has 1 saturated carbocycles. The number of hydrogen-bond acceptors (Lipinski definition) is 5. The van der Waals surface area contributed by atoms with E-state index in [0.29, 0.717) is 45.9 Å². The second-order valence-electron chi connectivity index (χ2n) is 7.52. The molecule has 3 aliphatic rings. The van der Waals surface area contributed by atoms with E-state index in [0.717, 1.165) is 38.8 Å². The number of piperidine rings is 1. The van der Waals surface area contributed by atoms with E-state index in [1.807, 2.05) is 4.90 Å². The molecule has 1 N–H and O–H groups in total. The predicted molar refractivity (Wildman–Crippen MR) is 93.2 cm³/mol. The summed E-state index contributed by atoms with van der Waals surface area (Å²) in [5.41, 5.74) is 0.0440. The van der Waals surface area contributed by atoms with Crippen molar-refractivity contribution in [3.63, 3.8) is 0 Å². The Bertz CT molecular complexity index is 481.